The van der Waals surface area contributed by atoms with Crippen LogP contribution in [0.2, 0.25) is 0 Å². The molecule has 4 heterocycles. The largest absolute Gasteiger partial charge is 0.330 e. The van der Waals surface area contributed by atoms with Gasteiger partial charge in [0.15, 0.2) is 4.90 Å². The lowest BCUT2D eigenvalue weighted by Crippen LogP contribution is -2.65. The summed E-state index contributed by atoms with van der Waals surface area (Å²) in [6.45, 7) is 3.23. The van der Waals surface area contributed by atoms with Crippen molar-refractivity contribution in [3.05, 3.63) is 27.0 Å². The van der Waals surface area contributed by atoms with E-state index in [1.54, 1.807) is 0 Å². The summed E-state index contributed by atoms with van der Waals surface area (Å²) in [6, 6.07) is 0.637. The maximum absolute atomic E-state index is 12.9. The molecule has 2 bridgehead atoms. The van der Waals surface area contributed by atoms with Gasteiger partial charge in [-0.15, -0.1) is 24.8 Å². The van der Waals surface area contributed by atoms with Crippen LogP contribution in [0, 0.1) is 11.8 Å². The number of hydrogen-bond acceptors (Lipinski definition) is 6. The summed E-state index contributed by atoms with van der Waals surface area (Å²) < 4.78 is 30.4. The molecule has 0 aliphatic carbocycles. The van der Waals surface area contributed by atoms with Crippen LogP contribution in [0.5, 0.6) is 0 Å². The van der Waals surface area contributed by atoms with E-state index >= 15 is 0 Å². The quantitative estimate of drug-likeness (QED) is 0.607. The van der Waals surface area contributed by atoms with Gasteiger partial charge in [0.2, 0.25) is 10.0 Å². The third-order valence-corrected chi connectivity index (χ3v) is 8.12. The molecule has 0 saturated carbocycles. The Hall–Kier alpha value is -0.910. The topological polar surface area (TPSA) is 105 Å². The van der Waals surface area contributed by atoms with Gasteiger partial charge in [0.05, 0.1) is 0 Å². The van der Waals surface area contributed by atoms with Crippen LogP contribution in [0.15, 0.2) is 20.7 Å². The zero-order chi connectivity index (χ0) is 20.1. The molecule has 0 radical (unpaired) electrons. The SMILES string of the molecule is Cl.Cl.Cn1cc(S(=O)(=O)NC[C@H]2[C@@H]3CNC[C@@H](C3)[C@@H]3CCCCN32)c(=O)n(C)c1=O. The van der Waals surface area contributed by atoms with E-state index in [2.05, 4.69) is 14.9 Å². The Morgan fingerprint density at radius 1 is 1.13 bits per heavy atom. The number of halogens is 2. The van der Waals surface area contributed by atoms with E-state index in [4.69, 9.17) is 0 Å². The van der Waals surface area contributed by atoms with Crippen molar-refractivity contribution in [2.24, 2.45) is 25.9 Å². The van der Waals surface area contributed by atoms with E-state index in [0.29, 0.717) is 17.9 Å². The summed E-state index contributed by atoms with van der Waals surface area (Å²) in [7, 11) is -1.28. The van der Waals surface area contributed by atoms with Gasteiger partial charge in [0, 0.05) is 38.9 Å². The number of nitrogens with one attached hydrogen (secondary N) is 2. The Morgan fingerprint density at radius 2 is 1.83 bits per heavy atom. The van der Waals surface area contributed by atoms with E-state index in [-0.39, 0.29) is 42.3 Å². The summed E-state index contributed by atoms with van der Waals surface area (Å²) in [5.41, 5.74) is -1.35. The average molecular weight is 484 g/mol. The van der Waals surface area contributed by atoms with Crippen LogP contribution in [0.4, 0.5) is 0 Å². The summed E-state index contributed by atoms with van der Waals surface area (Å²) in [6.07, 6.45) is 5.78. The summed E-state index contributed by atoms with van der Waals surface area (Å²) in [5, 5.41) is 3.51. The zero-order valence-electron chi connectivity index (χ0n) is 17.2. The van der Waals surface area contributed by atoms with Gasteiger partial charge in [-0.3, -0.25) is 14.3 Å². The number of aryl methyl sites for hydroxylation is 1. The molecule has 3 aliphatic rings. The molecule has 30 heavy (non-hydrogen) atoms. The van der Waals surface area contributed by atoms with Gasteiger partial charge in [-0.05, 0) is 50.7 Å². The second-order valence-corrected chi connectivity index (χ2v) is 10.1. The van der Waals surface area contributed by atoms with Crippen molar-refractivity contribution in [1.82, 2.24) is 24.1 Å². The fourth-order valence-electron chi connectivity index (χ4n) is 5.28. The molecule has 2 N–H and O–H groups in total. The minimum atomic E-state index is -4.01. The van der Waals surface area contributed by atoms with Crippen LogP contribution in [-0.4, -0.2) is 60.7 Å². The van der Waals surface area contributed by atoms with Crippen molar-refractivity contribution in [2.45, 2.75) is 42.7 Å². The van der Waals surface area contributed by atoms with E-state index in [9.17, 15) is 18.0 Å². The summed E-state index contributed by atoms with van der Waals surface area (Å²) in [4.78, 5) is 26.3. The maximum atomic E-state index is 12.9. The maximum Gasteiger partial charge on any atom is 0.330 e. The van der Waals surface area contributed by atoms with Crippen LogP contribution >= 0.6 is 24.8 Å². The highest BCUT2D eigenvalue weighted by Gasteiger charge is 2.45. The van der Waals surface area contributed by atoms with Crippen LogP contribution in [0.25, 0.3) is 0 Å². The first-order valence-electron chi connectivity index (χ1n) is 10.0. The molecule has 0 spiro atoms. The summed E-state index contributed by atoms with van der Waals surface area (Å²) >= 11 is 0. The lowest BCUT2D eigenvalue weighted by Gasteiger charge is -2.55. The van der Waals surface area contributed by atoms with Crippen molar-refractivity contribution < 1.29 is 8.42 Å². The fourth-order valence-corrected chi connectivity index (χ4v) is 6.49. The second-order valence-electron chi connectivity index (χ2n) is 8.39. The number of nitrogens with zero attached hydrogens (tertiary/aromatic N) is 3. The molecule has 0 amide bonds. The molecule has 4 rings (SSSR count). The minimum absolute atomic E-state index is 0. The van der Waals surface area contributed by atoms with Crippen LogP contribution in [0.3, 0.4) is 0 Å². The Bertz CT molecular complexity index is 980. The first-order chi connectivity index (χ1) is 13.3. The molecular weight excluding hydrogens is 453 g/mol. The Morgan fingerprint density at radius 3 is 2.57 bits per heavy atom. The van der Waals surface area contributed by atoms with Gasteiger partial charge in [0.1, 0.15) is 0 Å². The van der Waals surface area contributed by atoms with Gasteiger partial charge >= 0.3 is 5.69 Å². The van der Waals surface area contributed by atoms with E-state index < -0.39 is 21.3 Å². The number of aromatic nitrogens is 2. The third kappa shape index (κ3) is 4.49. The van der Waals surface area contributed by atoms with Crippen LogP contribution in [-0.2, 0) is 24.1 Å². The average Bonchev–Trinajstić information content (AvgIpc) is 2.69. The highest BCUT2D eigenvalue weighted by molar-refractivity contribution is 7.89. The van der Waals surface area contributed by atoms with Gasteiger partial charge in [-0.25, -0.2) is 17.9 Å². The highest BCUT2D eigenvalue weighted by Crippen LogP contribution is 2.38. The van der Waals surface area contributed by atoms with Crippen LogP contribution in [0.1, 0.15) is 25.7 Å². The number of rotatable bonds is 4. The molecule has 1 aromatic heterocycles. The second kappa shape index (κ2) is 9.70. The summed E-state index contributed by atoms with van der Waals surface area (Å²) in [5.74, 6) is 1.04. The molecular formula is C18H31Cl2N5O4S. The number of sulfonamides is 1. The highest BCUT2D eigenvalue weighted by atomic mass is 35.5. The van der Waals surface area contributed by atoms with Gasteiger partial charge in [0.25, 0.3) is 5.56 Å². The molecule has 3 saturated heterocycles. The molecule has 3 fully saturated rings. The number of piperidine rings is 3. The predicted molar refractivity (Wildman–Crippen MR) is 119 cm³/mol. The molecule has 172 valence electrons. The predicted octanol–water partition coefficient (Wildman–Crippen LogP) is -0.332. The first-order valence-corrected chi connectivity index (χ1v) is 11.5. The van der Waals surface area contributed by atoms with Crippen molar-refractivity contribution in [3.8, 4) is 0 Å². The number of fused-ring (bicyclic) bond motifs is 4. The van der Waals surface area contributed by atoms with Crippen molar-refractivity contribution in [2.75, 3.05) is 26.2 Å². The standard InChI is InChI=1S/C18H29N5O4S.2ClH/c1-21-11-16(17(24)22(2)18(21)25)28(26,27)20-10-15-13-7-12(8-19-9-13)14-5-3-4-6-23(14)15;;/h11-15,19-20H,3-10H2,1-2H3;2*1H/t12-,13+,14+,15+;;/m1../s1. The smallest absolute Gasteiger partial charge is 0.316 e. The molecule has 0 unspecified atom stereocenters. The van der Waals surface area contributed by atoms with Crippen molar-refractivity contribution >= 4 is 34.8 Å². The lowest BCUT2D eigenvalue weighted by molar-refractivity contribution is -0.0360. The third-order valence-electron chi connectivity index (χ3n) is 6.71. The van der Waals surface area contributed by atoms with Gasteiger partial charge in [-0.1, -0.05) is 6.42 Å². The van der Waals surface area contributed by atoms with Gasteiger partial charge < -0.3 is 9.88 Å². The normalized spacial score (nSPS) is 28.7. The Balaban J connectivity index is 0.00000160. The number of hydrogen-bond donors (Lipinski definition) is 2. The van der Waals surface area contributed by atoms with Crippen LogP contribution < -0.4 is 21.3 Å². The molecule has 12 heteroatoms. The van der Waals surface area contributed by atoms with Crippen molar-refractivity contribution in [1.29, 1.82) is 0 Å². The monoisotopic (exact) mass is 483 g/mol. The van der Waals surface area contributed by atoms with Gasteiger partial charge in [-0.2, -0.15) is 0 Å². The Labute approximate surface area is 189 Å². The van der Waals surface area contributed by atoms with E-state index in [1.165, 1.54) is 26.9 Å². The molecule has 0 aromatic carbocycles. The van der Waals surface area contributed by atoms with E-state index in [1.807, 2.05) is 0 Å². The molecule has 4 atom stereocenters. The Kier molecular flexibility index (Phi) is 8.20. The molecule has 9 nitrogen and oxygen atoms in total. The molecule has 3 aliphatic heterocycles. The first kappa shape index (κ1) is 25.4. The van der Waals surface area contributed by atoms with E-state index in [0.717, 1.165) is 47.8 Å². The minimum Gasteiger partial charge on any atom is -0.316 e. The lowest BCUT2D eigenvalue weighted by atomic mass is 9.73. The zero-order valence-corrected chi connectivity index (χ0v) is 19.7. The fraction of sp³-hybridized carbons (Fsp3) is 0.778. The molecule has 1 aromatic rings. The van der Waals surface area contributed by atoms with Crippen molar-refractivity contribution in [3.63, 3.8) is 0 Å².